The number of carbonyl (C=O) groups excluding carboxylic acids is 1. The summed E-state index contributed by atoms with van der Waals surface area (Å²) in [5.41, 5.74) is 4.94. The van der Waals surface area contributed by atoms with Gasteiger partial charge in [0.25, 0.3) is 0 Å². The number of hydrogen-bond acceptors (Lipinski definition) is 1. The van der Waals surface area contributed by atoms with E-state index in [0.29, 0.717) is 24.0 Å². The van der Waals surface area contributed by atoms with Crippen molar-refractivity contribution >= 4 is 11.9 Å². The zero-order chi connectivity index (χ0) is 14.0. The van der Waals surface area contributed by atoms with Crippen molar-refractivity contribution < 1.29 is 4.79 Å². The Hall–Kier alpha value is -1.37. The SMILES string of the molecule is CC(C)CC(=O)C1=Cc2ccc(CC(C)C)cc2C1. The molecule has 0 saturated carbocycles. The van der Waals surface area contributed by atoms with Crippen molar-refractivity contribution in [3.05, 3.63) is 40.5 Å². The summed E-state index contributed by atoms with van der Waals surface area (Å²) in [6, 6.07) is 6.65. The zero-order valence-corrected chi connectivity index (χ0v) is 12.5. The average Bonchev–Trinajstić information content (AvgIpc) is 2.70. The maximum absolute atomic E-state index is 12.1. The first-order valence-electron chi connectivity index (χ1n) is 7.31. The van der Waals surface area contributed by atoms with Crippen LogP contribution in [-0.4, -0.2) is 5.78 Å². The smallest absolute Gasteiger partial charge is 0.159 e. The first-order valence-corrected chi connectivity index (χ1v) is 7.31. The lowest BCUT2D eigenvalue weighted by Crippen LogP contribution is -2.06. The molecule has 0 radical (unpaired) electrons. The Morgan fingerprint density at radius 2 is 1.89 bits per heavy atom. The third kappa shape index (κ3) is 3.56. The molecule has 0 atom stereocenters. The lowest BCUT2D eigenvalue weighted by atomic mass is 9.97. The van der Waals surface area contributed by atoms with Crippen LogP contribution in [0.1, 0.15) is 50.8 Å². The van der Waals surface area contributed by atoms with Gasteiger partial charge < -0.3 is 0 Å². The molecule has 0 N–H and O–H groups in total. The lowest BCUT2D eigenvalue weighted by molar-refractivity contribution is -0.116. The Labute approximate surface area is 116 Å². The summed E-state index contributed by atoms with van der Waals surface area (Å²) in [5.74, 6) is 1.43. The number of allylic oxidation sites excluding steroid dienone is 1. The second-order valence-corrected chi connectivity index (χ2v) is 6.50. The highest BCUT2D eigenvalue weighted by Gasteiger charge is 2.19. The molecule has 2 rings (SSSR count). The van der Waals surface area contributed by atoms with Gasteiger partial charge >= 0.3 is 0 Å². The highest BCUT2D eigenvalue weighted by atomic mass is 16.1. The van der Waals surface area contributed by atoms with Crippen molar-refractivity contribution in [3.8, 4) is 0 Å². The molecule has 1 nitrogen and oxygen atoms in total. The van der Waals surface area contributed by atoms with Crippen LogP contribution in [-0.2, 0) is 17.6 Å². The molecule has 102 valence electrons. The van der Waals surface area contributed by atoms with Gasteiger partial charge in [-0.1, -0.05) is 45.9 Å². The van der Waals surface area contributed by atoms with E-state index in [1.807, 2.05) is 0 Å². The fourth-order valence-corrected chi connectivity index (χ4v) is 2.68. The molecule has 0 unspecified atom stereocenters. The summed E-state index contributed by atoms with van der Waals surface area (Å²) >= 11 is 0. The van der Waals surface area contributed by atoms with E-state index in [0.717, 1.165) is 18.4 Å². The summed E-state index contributed by atoms with van der Waals surface area (Å²) < 4.78 is 0. The monoisotopic (exact) mass is 256 g/mol. The maximum Gasteiger partial charge on any atom is 0.159 e. The lowest BCUT2D eigenvalue weighted by Gasteiger charge is -2.07. The molecule has 0 saturated heterocycles. The van der Waals surface area contributed by atoms with Gasteiger partial charge in [0, 0.05) is 18.4 Å². The minimum Gasteiger partial charge on any atom is -0.295 e. The van der Waals surface area contributed by atoms with E-state index < -0.39 is 0 Å². The topological polar surface area (TPSA) is 17.1 Å². The van der Waals surface area contributed by atoms with Gasteiger partial charge in [0.05, 0.1) is 0 Å². The van der Waals surface area contributed by atoms with Crippen molar-refractivity contribution in [1.82, 2.24) is 0 Å². The maximum atomic E-state index is 12.1. The average molecular weight is 256 g/mol. The van der Waals surface area contributed by atoms with Crippen LogP contribution in [0, 0.1) is 11.8 Å². The van der Waals surface area contributed by atoms with Crippen LogP contribution in [0.15, 0.2) is 23.8 Å². The summed E-state index contributed by atoms with van der Waals surface area (Å²) in [7, 11) is 0. The minimum absolute atomic E-state index is 0.316. The normalized spacial score (nSPS) is 13.9. The van der Waals surface area contributed by atoms with Gasteiger partial charge in [0.15, 0.2) is 5.78 Å². The van der Waals surface area contributed by atoms with Crippen LogP contribution < -0.4 is 0 Å². The fraction of sp³-hybridized carbons (Fsp3) is 0.500. The van der Waals surface area contributed by atoms with E-state index in [1.165, 1.54) is 16.7 Å². The number of Topliss-reactive ketones (excluding diaryl/α,β-unsaturated/α-hetero) is 1. The van der Waals surface area contributed by atoms with Gasteiger partial charge in [-0.2, -0.15) is 0 Å². The van der Waals surface area contributed by atoms with Crippen molar-refractivity contribution in [3.63, 3.8) is 0 Å². The van der Waals surface area contributed by atoms with Gasteiger partial charge in [-0.15, -0.1) is 0 Å². The van der Waals surface area contributed by atoms with Gasteiger partial charge in [-0.25, -0.2) is 0 Å². The zero-order valence-electron chi connectivity index (χ0n) is 12.5. The van der Waals surface area contributed by atoms with Crippen LogP contribution >= 0.6 is 0 Å². The predicted molar refractivity (Wildman–Crippen MR) is 81.1 cm³/mol. The number of carbonyl (C=O) groups is 1. The molecule has 0 amide bonds. The molecule has 0 heterocycles. The summed E-state index contributed by atoms with van der Waals surface area (Å²) in [6.45, 7) is 8.68. The standard InChI is InChI=1S/C18H24O/c1-12(2)7-14-5-6-15-10-17(11-16(15)9-14)18(19)8-13(3)4/h5-6,9-10,12-13H,7-8,11H2,1-4H3. The molecule has 19 heavy (non-hydrogen) atoms. The third-order valence-corrected chi connectivity index (χ3v) is 3.51. The first-order chi connectivity index (χ1) is 8.95. The van der Waals surface area contributed by atoms with E-state index in [9.17, 15) is 4.79 Å². The molecule has 1 aliphatic carbocycles. The Kier molecular flexibility index (Phi) is 4.24. The van der Waals surface area contributed by atoms with Crippen LogP contribution in [0.4, 0.5) is 0 Å². The van der Waals surface area contributed by atoms with Crippen LogP contribution in [0.3, 0.4) is 0 Å². The molecule has 1 aromatic rings. The van der Waals surface area contributed by atoms with Gasteiger partial charge in [-0.3, -0.25) is 4.79 Å². The molecule has 1 aliphatic rings. The number of ketones is 1. The molecule has 0 spiro atoms. The van der Waals surface area contributed by atoms with Crippen molar-refractivity contribution in [2.45, 2.75) is 47.0 Å². The van der Waals surface area contributed by atoms with Crippen LogP contribution in [0.2, 0.25) is 0 Å². The van der Waals surface area contributed by atoms with E-state index >= 15 is 0 Å². The Morgan fingerprint density at radius 1 is 1.16 bits per heavy atom. The second-order valence-electron chi connectivity index (χ2n) is 6.50. The third-order valence-electron chi connectivity index (χ3n) is 3.51. The number of hydrogen-bond donors (Lipinski definition) is 0. The van der Waals surface area contributed by atoms with Crippen LogP contribution in [0.5, 0.6) is 0 Å². The van der Waals surface area contributed by atoms with Gasteiger partial charge in [-0.05, 0) is 41.0 Å². The Morgan fingerprint density at radius 3 is 2.53 bits per heavy atom. The highest BCUT2D eigenvalue weighted by molar-refractivity contribution is 6.01. The van der Waals surface area contributed by atoms with E-state index in [1.54, 1.807) is 0 Å². The molecular weight excluding hydrogens is 232 g/mol. The Balaban J connectivity index is 2.11. The largest absolute Gasteiger partial charge is 0.295 e. The Bertz CT molecular complexity index is 506. The van der Waals surface area contributed by atoms with Crippen molar-refractivity contribution in [2.24, 2.45) is 11.8 Å². The van der Waals surface area contributed by atoms with E-state index in [4.69, 9.17) is 0 Å². The fourth-order valence-electron chi connectivity index (χ4n) is 2.68. The van der Waals surface area contributed by atoms with E-state index in [2.05, 4.69) is 52.0 Å². The summed E-state index contributed by atoms with van der Waals surface area (Å²) in [6.07, 6.45) is 4.69. The minimum atomic E-state index is 0.316. The molecule has 1 aromatic carbocycles. The molecule has 0 aliphatic heterocycles. The predicted octanol–water partition coefficient (Wildman–Crippen LogP) is 4.44. The van der Waals surface area contributed by atoms with Crippen LogP contribution in [0.25, 0.3) is 6.08 Å². The van der Waals surface area contributed by atoms with Crippen molar-refractivity contribution in [1.29, 1.82) is 0 Å². The summed E-state index contributed by atoms with van der Waals surface area (Å²) in [5, 5.41) is 0. The molecule has 0 aromatic heterocycles. The molecular formula is C18H24O. The molecule has 1 heteroatoms. The van der Waals surface area contributed by atoms with Crippen molar-refractivity contribution in [2.75, 3.05) is 0 Å². The quantitative estimate of drug-likeness (QED) is 0.761. The number of fused-ring (bicyclic) bond motifs is 1. The first kappa shape index (κ1) is 14.0. The number of rotatable bonds is 5. The summed E-state index contributed by atoms with van der Waals surface area (Å²) in [4.78, 5) is 12.1. The number of benzene rings is 1. The molecule has 0 bridgehead atoms. The second kappa shape index (κ2) is 5.73. The van der Waals surface area contributed by atoms with Gasteiger partial charge in [0.2, 0.25) is 0 Å². The highest BCUT2D eigenvalue weighted by Crippen LogP contribution is 2.28. The molecule has 0 fully saturated rings. The van der Waals surface area contributed by atoms with Gasteiger partial charge in [0.1, 0.15) is 0 Å². The van der Waals surface area contributed by atoms with E-state index in [-0.39, 0.29) is 0 Å².